The fourth-order valence-corrected chi connectivity index (χ4v) is 3.93. The van der Waals surface area contributed by atoms with Gasteiger partial charge in [-0.05, 0) is 56.3 Å². The van der Waals surface area contributed by atoms with Crippen molar-refractivity contribution < 1.29 is 14.7 Å². The van der Waals surface area contributed by atoms with E-state index in [1.165, 1.54) is 0 Å². The first-order chi connectivity index (χ1) is 13.3. The van der Waals surface area contributed by atoms with Crippen LogP contribution >= 0.6 is 0 Å². The summed E-state index contributed by atoms with van der Waals surface area (Å²) >= 11 is 0. The van der Waals surface area contributed by atoms with E-state index in [-0.39, 0.29) is 11.9 Å². The van der Waals surface area contributed by atoms with Gasteiger partial charge < -0.3 is 20.6 Å². The maximum atomic E-state index is 12.3. The van der Waals surface area contributed by atoms with Gasteiger partial charge in [0.25, 0.3) is 5.91 Å². The van der Waals surface area contributed by atoms with E-state index in [9.17, 15) is 14.7 Å². The minimum absolute atomic E-state index is 0.0466. The molecule has 0 aliphatic carbocycles. The SMILES string of the molecule is CC(C)(O)C(=O)N1CCC(CCCCNC(=O)N2C=C3C=CNC=C3C2)CC1. The molecule has 0 spiro atoms. The average Bonchev–Trinajstić information content (AvgIpc) is 3.11. The number of amides is 3. The molecule has 0 bridgehead atoms. The van der Waals surface area contributed by atoms with E-state index in [1.807, 2.05) is 24.7 Å². The van der Waals surface area contributed by atoms with Crippen LogP contribution in [0.15, 0.2) is 35.8 Å². The number of aliphatic hydroxyl groups is 1. The molecule has 0 atom stereocenters. The van der Waals surface area contributed by atoms with E-state index >= 15 is 0 Å². The molecule has 0 aromatic carbocycles. The lowest BCUT2D eigenvalue weighted by molar-refractivity contribution is -0.149. The Morgan fingerprint density at radius 2 is 2.04 bits per heavy atom. The number of piperidine rings is 1. The number of nitrogens with zero attached hydrogens (tertiary/aromatic N) is 2. The van der Waals surface area contributed by atoms with Crippen LogP contribution in [0.25, 0.3) is 0 Å². The molecule has 3 amide bonds. The van der Waals surface area contributed by atoms with E-state index in [0.717, 1.165) is 56.3 Å². The first-order valence-electron chi connectivity index (χ1n) is 10.2. The zero-order chi connectivity index (χ0) is 20.1. The third-order valence-electron chi connectivity index (χ3n) is 5.62. The molecule has 3 rings (SSSR count). The van der Waals surface area contributed by atoms with Gasteiger partial charge in [-0.15, -0.1) is 0 Å². The van der Waals surface area contributed by atoms with Gasteiger partial charge in [-0.25, -0.2) is 4.79 Å². The van der Waals surface area contributed by atoms with Crippen molar-refractivity contribution in [1.82, 2.24) is 20.4 Å². The molecule has 0 unspecified atom stereocenters. The summed E-state index contributed by atoms with van der Waals surface area (Å²) in [6.07, 6.45) is 12.8. The van der Waals surface area contributed by atoms with Crippen LogP contribution < -0.4 is 10.6 Å². The van der Waals surface area contributed by atoms with Crippen molar-refractivity contribution in [3.63, 3.8) is 0 Å². The number of allylic oxidation sites excluding steroid dienone is 1. The number of nitrogens with one attached hydrogen (secondary N) is 2. The highest BCUT2D eigenvalue weighted by Crippen LogP contribution is 2.25. The predicted octanol–water partition coefficient (Wildman–Crippen LogP) is 2.08. The molecule has 1 saturated heterocycles. The number of urea groups is 1. The first kappa shape index (κ1) is 20.5. The molecule has 28 heavy (non-hydrogen) atoms. The van der Waals surface area contributed by atoms with Crippen molar-refractivity contribution in [3.8, 4) is 0 Å². The number of dihydropyridines is 1. The van der Waals surface area contributed by atoms with Gasteiger partial charge in [0.15, 0.2) is 0 Å². The van der Waals surface area contributed by atoms with Crippen molar-refractivity contribution in [1.29, 1.82) is 0 Å². The molecule has 7 heteroatoms. The standard InChI is InChI=1S/C21H32N4O3/c1-21(2,28)19(26)24-11-7-16(8-12-24)5-3-4-9-23-20(27)25-14-17-6-10-22-13-18(17)15-25/h6,10,13-14,16,22,28H,3-5,7-9,11-12,15H2,1-2H3,(H,23,27). The lowest BCUT2D eigenvalue weighted by atomic mass is 9.91. The van der Waals surface area contributed by atoms with Crippen LogP contribution in [0.5, 0.6) is 0 Å². The van der Waals surface area contributed by atoms with Crippen LogP contribution in [-0.4, -0.2) is 58.6 Å². The summed E-state index contributed by atoms with van der Waals surface area (Å²) in [4.78, 5) is 27.9. The predicted molar refractivity (Wildman–Crippen MR) is 108 cm³/mol. The molecule has 1 fully saturated rings. The number of fused-ring (bicyclic) bond motifs is 1. The van der Waals surface area contributed by atoms with Crippen LogP contribution in [0.2, 0.25) is 0 Å². The number of rotatable bonds is 6. The summed E-state index contributed by atoms with van der Waals surface area (Å²) in [6.45, 7) is 5.85. The summed E-state index contributed by atoms with van der Waals surface area (Å²) in [5.41, 5.74) is 0.938. The monoisotopic (exact) mass is 388 g/mol. The Hall–Kier alpha value is -2.28. The van der Waals surface area contributed by atoms with Gasteiger partial charge in [0.05, 0.1) is 6.54 Å². The summed E-state index contributed by atoms with van der Waals surface area (Å²) in [5.74, 6) is 0.451. The average molecular weight is 389 g/mol. The lowest BCUT2D eigenvalue weighted by Gasteiger charge is -2.35. The third kappa shape index (κ3) is 5.16. The van der Waals surface area contributed by atoms with Gasteiger partial charge >= 0.3 is 6.03 Å². The molecule has 0 aromatic rings. The zero-order valence-electron chi connectivity index (χ0n) is 16.9. The van der Waals surface area contributed by atoms with Crippen molar-refractivity contribution in [2.45, 2.75) is 51.6 Å². The quantitative estimate of drug-likeness (QED) is 0.608. The second-order valence-electron chi connectivity index (χ2n) is 8.40. The van der Waals surface area contributed by atoms with Crippen molar-refractivity contribution in [2.75, 3.05) is 26.2 Å². The number of hydrogen-bond acceptors (Lipinski definition) is 4. The van der Waals surface area contributed by atoms with Crippen molar-refractivity contribution in [3.05, 3.63) is 35.8 Å². The van der Waals surface area contributed by atoms with E-state index in [0.29, 0.717) is 19.0 Å². The fourth-order valence-electron chi connectivity index (χ4n) is 3.93. The van der Waals surface area contributed by atoms with Crippen LogP contribution in [0.3, 0.4) is 0 Å². The van der Waals surface area contributed by atoms with Gasteiger partial charge in [0, 0.05) is 38.2 Å². The maximum Gasteiger partial charge on any atom is 0.321 e. The Bertz CT molecular complexity index is 682. The van der Waals surface area contributed by atoms with E-state index in [1.54, 1.807) is 23.6 Å². The van der Waals surface area contributed by atoms with E-state index in [2.05, 4.69) is 10.6 Å². The van der Waals surface area contributed by atoms with Gasteiger partial charge in [0.2, 0.25) is 0 Å². The molecular formula is C21H32N4O3. The van der Waals surface area contributed by atoms with E-state index in [4.69, 9.17) is 0 Å². The summed E-state index contributed by atoms with van der Waals surface area (Å²) < 4.78 is 0. The molecule has 3 N–H and O–H groups in total. The Morgan fingerprint density at radius 3 is 2.71 bits per heavy atom. The Morgan fingerprint density at radius 1 is 1.29 bits per heavy atom. The second kappa shape index (κ2) is 8.82. The minimum Gasteiger partial charge on any atom is -0.381 e. The van der Waals surface area contributed by atoms with E-state index < -0.39 is 5.60 Å². The molecule has 3 aliphatic heterocycles. The fraction of sp³-hybridized carbons (Fsp3) is 0.619. The highest BCUT2D eigenvalue weighted by molar-refractivity contribution is 5.84. The van der Waals surface area contributed by atoms with Gasteiger partial charge in [0.1, 0.15) is 5.60 Å². The number of likely N-dealkylation sites (tertiary alicyclic amines) is 1. The van der Waals surface area contributed by atoms with Crippen LogP contribution in [-0.2, 0) is 4.79 Å². The summed E-state index contributed by atoms with van der Waals surface area (Å²) in [7, 11) is 0. The zero-order valence-corrected chi connectivity index (χ0v) is 16.9. The van der Waals surface area contributed by atoms with Crippen molar-refractivity contribution >= 4 is 11.9 Å². The lowest BCUT2D eigenvalue weighted by Crippen LogP contribution is -2.48. The van der Waals surface area contributed by atoms with Crippen molar-refractivity contribution in [2.24, 2.45) is 5.92 Å². The molecule has 0 saturated carbocycles. The molecule has 7 nitrogen and oxygen atoms in total. The minimum atomic E-state index is -1.28. The number of unbranched alkanes of at least 4 members (excludes halogenated alkanes) is 1. The van der Waals surface area contributed by atoms with Gasteiger partial charge in [-0.1, -0.05) is 12.8 Å². The Labute approximate surface area is 167 Å². The highest BCUT2D eigenvalue weighted by Gasteiger charge is 2.31. The third-order valence-corrected chi connectivity index (χ3v) is 5.62. The van der Waals surface area contributed by atoms with Gasteiger partial charge in [-0.3, -0.25) is 9.69 Å². The van der Waals surface area contributed by atoms with Gasteiger partial charge in [-0.2, -0.15) is 0 Å². The topological polar surface area (TPSA) is 84.9 Å². The molecule has 0 radical (unpaired) electrons. The normalized spacial score (nSPS) is 19.7. The van der Waals surface area contributed by atoms with Crippen LogP contribution in [0.4, 0.5) is 4.79 Å². The number of hydrogen-bond donors (Lipinski definition) is 3. The number of carbonyl (C=O) groups excluding carboxylic acids is 2. The highest BCUT2D eigenvalue weighted by atomic mass is 16.3. The smallest absolute Gasteiger partial charge is 0.321 e. The second-order valence-corrected chi connectivity index (χ2v) is 8.40. The molecule has 154 valence electrons. The molecular weight excluding hydrogens is 356 g/mol. The summed E-state index contributed by atoms with van der Waals surface area (Å²) in [5, 5.41) is 15.9. The maximum absolute atomic E-state index is 12.3. The number of carbonyl (C=O) groups is 2. The Kier molecular flexibility index (Phi) is 6.44. The largest absolute Gasteiger partial charge is 0.381 e. The summed E-state index contributed by atoms with van der Waals surface area (Å²) in [6, 6.07) is -0.0466. The molecule has 3 aliphatic rings. The van der Waals surface area contributed by atoms with Crippen LogP contribution in [0.1, 0.15) is 46.0 Å². The molecule has 3 heterocycles. The first-order valence-corrected chi connectivity index (χ1v) is 10.2. The Balaban J connectivity index is 1.28. The van der Waals surface area contributed by atoms with Crippen LogP contribution in [0, 0.1) is 5.92 Å². The molecule has 0 aromatic heterocycles.